The minimum atomic E-state index is -5.56. The summed E-state index contributed by atoms with van der Waals surface area (Å²) in [6.07, 6.45) is -5.14. The van der Waals surface area contributed by atoms with Crippen molar-refractivity contribution in [2.45, 2.75) is 43.6 Å². The minimum Gasteiger partial charge on any atom is -0.726 e. The molecule has 5 aromatic rings. The van der Waals surface area contributed by atoms with Crippen molar-refractivity contribution in [1.29, 1.82) is 0 Å². The molecule has 262 valence electrons. The zero-order valence-electron chi connectivity index (χ0n) is 27.8. The maximum atomic E-state index is 13.4. The standard InChI is InChI=1S/C35H30F3NO9S2.2Na/c36-35(37,38)27-13-6-10-24(18-27)20-39-17-16-26(21-39)30-19-31(29-15-7-12-25-11-4-5-14-28(25)29)33(47-49(40,41)42)34(48-50(43,44)45)32(30)46-22-23-8-2-1-3-9-23;;/h1-19,21,30,32-34H,20,22H2,(H,40,41,42)(H,43,44,45);;/q;2*+1/p-2/t30-,32-,33-,34+;;/m1../s1. The molecule has 0 saturated heterocycles. The van der Waals surface area contributed by atoms with Crippen LogP contribution >= 0.6 is 0 Å². The summed E-state index contributed by atoms with van der Waals surface area (Å²) >= 11 is 0. The van der Waals surface area contributed by atoms with Gasteiger partial charge in [-0.25, -0.2) is 16.8 Å². The Morgan fingerprint density at radius 3 is 2.06 bits per heavy atom. The molecule has 52 heavy (non-hydrogen) atoms. The van der Waals surface area contributed by atoms with Gasteiger partial charge in [0.1, 0.15) is 12.2 Å². The van der Waals surface area contributed by atoms with E-state index in [9.17, 15) is 39.1 Å². The number of hydrogen-bond acceptors (Lipinski definition) is 9. The number of ether oxygens (including phenoxy) is 1. The van der Waals surface area contributed by atoms with E-state index in [0.29, 0.717) is 27.6 Å². The molecule has 0 bridgehead atoms. The second kappa shape index (κ2) is 17.4. The van der Waals surface area contributed by atoms with Gasteiger partial charge in [-0.3, -0.25) is 8.37 Å². The molecule has 17 heteroatoms. The minimum absolute atomic E-state index is 0. The van der Waals surface area contributed by atoms with Gasteiger partial charge in [0.15, 0.2) is 0 Å². The van der Waals surface area contributed by atoms with Gasteiger partial charge in [0, 0.05) is 24.9 Å². The van der Waals surface area contributed by atoms with Crippen LogP contribution < -0.4 is 59.1 Å². The molecule has 1 aromatic heterocycles. The quantitative estimate of drug-likeness (QED) is 0.104. The SMILES string of the molecule is O=S(=O)([O-])O[C@H]1[C@H](OCc2ccccc2)[C@@H](c2ccn(Cc3cccc(C(F)(F)F)c3)c2)C=C(c2cccc3ccccc23)[C@H]1OS(=O)(=O)[O-].[Na+].[Na+]. The average Bonchev–Trinajstić information content (AvgIpc) is 3.51. The third kappa shape index (κ3) is 10.7. The molecule has 0 amide bonds. The number of hydrogen-bond donors (Lipinski definition) is 0. The number of aromatic nitrogens is 1. The maximum Gasteiger partial charge on any atom is 1.00 e. The van der Waals surface area contributed by atoms with Crippen LogP contribution in [-0.2, 0) is 53.2 Å². The molecule has 0 aliphatic heterocycles. The van der Waals surface area contributed by atoms with Crippen molar-refractivity contribution in [2.24, 2.45) is 0 Å². The van der Waals surface area contributed by atoms with Gasteiger partial charge in [0.25, 0.3) is 0 Å². The van der Waals surface area contributed by atoms with Crippen LogP contribution in [0.4, 0.5) is 13.2 Å². The van der Waals surface area contributed by atoms with Gasteiger partial charge < -0.3 is 18.4 Å². The fourth-order valence-electron chi connectivity index (χ4n) is 6.19. The second-order valence-electron chi connectivity index (χ2n) is 11.6. The second-order valence-corrected chi connectivity index (χ2v) is 13.7. The predicted molar refractivity (Wildman–Crippen MR) is 174 cm³/mol. The number of fused-ring (bicyclic) bond motifs is 1. The van der Waals surface area contributed by atoms with E-state index in [2.05, 4.69) is 0 Å². The first-order valence-corrected chi connectivity index (χ1v) is 17.8. The van der Waals surface area contributed by atoms with E-state index in [4.69, 9.17) is 13.1 Å². The van der Waals surface area contributed by atoms with E-state index in [0.717, 1.165) is 17.5 Å². The van der Waals surface area contributed by atoms with Gasteiger partial charge in [-0.1, -0.05) is 91.0 Å². The first-order valence-electron chi connectivity index (χ1n) is 15.1. The van der Waals surface area contributed by atoms with Crippen molar-refractivity contribution >= 4 is 37.1 Å². The third-order valence-corrected chi connectivity index (χ3v) is 9.16. The molecule has 0 radical (unpaired) electrons. The van der Waals surface area contributed by atoms with Gasteiger partial charge >= 0.3 is 65.3 Å². The Bertz CT molecular complexity index is 2250. The Hall–Kier alpha value is -2.35. The fourth-order valence-corrected chi connectivity index (χ4v) is 7.14. The van der Waals surface area contributed by atoms with Gasteiger partial charge in [0.2, 0.25) is 20.8 Å². The molecule has 10 nitrogen and oxygen atoms in total. The summed E-state index contributed by atoms with van der Waals surface area (Å²) in [5, 5.41) is 1.31. The van der Waals surface area contributed by atoms with Gasteiger partial charge in [-0.05, 0) is 56.8 Å². The van der Waals surface area contributed by atoms with Gasteiger partial charge in [0.05, 0.1) is 18.3 Å². The largest absolute Gasteiger partial charge is 1.00 e. The van der Waals surface area contributed by atoms with E-state index in [1.165, 1.54) is 12.1 Å². The molecule has 0 fully saturated rings. The van der Waals surface area contributed by atoms with Crippen LogP contribution in [0.3, 0.4) is 0 Å². The van der Waals surface area contributed by atoms with E-state index in [-0.39, 0.29) is 77.8 Å². The maximum absolute atomic E-state index is 13.4. The number of nitrogens with zero attached hydrogens (tertiary/aromatic N) is 1. The van der Waals surface area contributed by atoms with E-state index >= 15 is 0 Å². The fraction of sp³-hybridized carbons (Fsp3) is 0.200. The zero-order chi connectivity index (χ0) is 35.7. The van der Waals surface area contributed by atoms with E-state index in [1.54, 1.807) is 102 Å². The van der Waals surface area contributed by atoms with E-state index < -0.39 is 56.8 Å². The zero-order valence-corrected chi connectivity index (χ0v) is 33.5. The van der Waals surface area contributed by atoms with Crippen LogP contribution in [0, 0.1) is 0 Å². The summed E-state index contributed by atoms with van der Waals surface area (Å²) in [4.78, 5) is 0. The van der Waals surface area contributed by atoms with E-state index in [1.807, 2.05) is 0 Å². The number of rotatable bonds is 11. The normalized spacial score (nSPS) is 19.4. The Morgan fingerprint density at radius 2 is 1.37 bits per heavy atom. The van der Waals surface area contributed by atoms with Crippen molar-refractivity contribution in [3.63, 3.8) is 0 Å². The van der Waals surface area contributed by atoms with Crippen LogP contribution in [0.1, 0.15) is 33.7 Å². The van der Waals surface area contributed by atoms with Crippen molar-refractivity contribution in [2.75, 3.05) is 0 Å². The molecule has 1 aliphatic carbocycles. The number of benzene rings is 4. The van der Waals surface area contributed by atoms with Crippen LogP contribution in [0.15, 0.2) is 122 Å². The molecule has 0 N–H and O–H groups in total. The molecule has 1 heterocycles. The summed E-state index contributed by atoms with van der Waals surface area (Å²) < 4.78 is 131. The van der Waals surface area contributed by atoms with Crippen LogP contribution in [0.2, 0.25) is 0 Å². The molecular weight excluding hydrogens is 745 g/mol. The molecule has 6 rings (SSSR count). The third-order valence-electron chi connectivity index (χ3n) is 8.26. The van der Waals surface area contributed by atoms with Crippen molar-refractivity contribution < 1.29 is 111 Å². The molecular formula is C35H28F3NNa2O9S2. The van der Waals surface area contributed by atoms with Crippen molar-refractivity contribution in [1.82, 2.24) is 4.57 Å². The summed E-state index contributed by atoms with van der Waals surface area (Å²) in [7, 11) is -11.1. The van der Waals surface area contributed by atoms with Crippen molar-refractivity contribution in [3.8, 4) is 0 Å². The molecule has 4 aromatic carbocycles. The van der Waals surface area contributed by atoms with Crippen molar-refractivity contribution in [3.05, 3.63) is 149 Å². The topological polar surface area (TPSA) is 147 Å². The predicted octanol–water partition coefficient (Wildman–Crippen LogP) is 0.173. The molecule has 4 atom stereocenters. The molecule has 0 unspecified atom stereocenters. The average molecular weight is 774 g/mol. The summed E-state index contributed by atoms with van der Waals surface area (Å²) in [6.45, 7) is -0.124. The summed E-state index contributed by atoms with van der Waals surface area (Å²) in [6, 6.07) is 27.2. The Morgan fingerprint density at radius 1 is 0.731 bits per heavy atom. The smallest absolute Gasteiger partial charge is 0.726 e. The molecule has 1 aliphatic rings. The summed E-state index contributed by atoms with van der Waals surface area (Å²) in [5.41, 5.74) is 1.02. The van der Waals surface area contributed by atoms with Crippen LogP contribution in [0.5, 0.6) is 0 Å². The van der Waals surface area contributed by atoms with Gasteiger partial charge in [-0.2, -0.15) is 13.2 Å². The Labute approximate surface area is 343 Å². The monoisotopic (exact) mass is 773 g/mol. The summed E-state index contributed by atoms with van der Waals surface area (Å²) in [5.74, 6) is -0.962. The number of alkyl halides is 3. The Balaban J connectivity index is 0.00000302. The first-order chi connectivity index (χ1) is 23.6. The molecule has 0 saturated carbocycles. The number of halogens is 3. The first kappa shape index (κ1) is 42.4. The Kier molecular flexibility index (Phi) is 14.2. The van der Waals surface area contributed by atoms with Crippen LogP contribution in [-0.4, -0.2) is 48.8 Å². The van der Waals surface area contributed by atoms with Crippen LogP contribution in [0.25, 0.3) is 16.3 Å². The molecule has 0 spiro atoms. The van der Waals surface area contributed by atoms with Gasteiger partial charge in [-0.15, -0.1) is 0 Å².